The molecule has 0 bridgehead atoms. The molecule has 0 aliphatic rings. The smallest absolute Gasteiger partial charge is 0.254 e. The van der Waals surface area contributed by atoms with E-state index in [2.05, 4.69) is 25.3 Å². The third kappa shape index (κ3) is 4.10. The Labute approximate surface area is 172 Å². The van der Waals surface area contributed by atoms with Crippen molar-refractivity contribution >= 4 is 5.82 Å². The molecule has 6 nitrogen and oxygen atoms in total. The van der Waals surface area contributed by atoms with Gasteiger partial charge in [-0.15, -0.1) is 0 Å². The van der Waals surface area contributed by atoms with Crippen LogP contribution in [0.3, 0.4) is 0 Å². The van der Waals surface area contributed by atoms with Gasteiger partial charge >= 0.3 is 0 Å². The van der Waals surface area contributed by atoms with Gasteiger partial charge in [0.2, 0.25) is 0 Å². The minimum Gasteiger partial charge on any atom is -0.358 e. The highest BCUT2D eigenvalue weighted by atomic mass is 19.1. The zero-order valence-electron chi connectivity index (χ0n) is 16.6. The fourth-order valence-electron chi connectivity index (χ4n) is 3.11. The average Bonchev–Trinajstić information content (AvgIpc) is 2.76. The van der Waals surface area contributed by atoms with Crippen LogP contribution in [0.4, 0.5) is 10.2 Å². The van der Waals surface area contributed by atoms with Gasteiger partial charge in [-0.2, -0.15) is 0 Å². The van der Waals surface area contributed by atoms with Crippen molar-refractivity contribution in [3.63, 3.8) is 0 Å². The van der Waals surface area contributed by atoms with Gasteiger partial charge in [0.05, 0.1) is 11.7 Å². The van der Waals surface area contributed by atoms with Crippen LogP contribution in [-0.2, 0) is 0 Å². The normalized spacial score (nSPS) is 11.8. The number of hydrogen-bond acceptors (Lipinski definition) is 5. The Hall–Kier alpha value is -3.87. The Morgan fingerprint density at radius 1 is 1.03 bits per heavy atom. The highest BCUT2D eigenvalue weighted by Crippen LogP contribution is 2.26. The van der Waals surface area contributed by atoms with E-state index in [0.717, 1.165) is 11.3 Å². The first-order valence-electron chi connectivity index (χ1n) is 9.48. The van der Waals surface area contributed by atoms with Crippen molar-refractivity contribution in [2.75, 3.05) is 5.32 Å². The van der Waals surface area contributed by atoms with Crippen LogP contribution in [0.1, 0.15) is 28.6 Å². The Morgan fingerprint density at radius 3 is 2.57 bits per heavy atom. The predicted molar refractivity (Wildman–Crippen MR) is 114 cm³/mol. The highest BCUT2D eigenvalue weighted by Gasteiger charge is 2.17. The van der Waals surface area contributed by atoms with Crippen molar-refractivity contribution in [2.24, 2.45) is 0 Å². The number of nitrogens with one attached hydrogen (secondary N) is 2. The van der Waals surface area contributed by atoms with Crippen LogP contribution in [0, 0.1) is 19.7 Å². The fourth-order valence-corrected chi connectivity index (χ4v) is 3.11. The van der Waals surface area contributed by atoms with Crippen LogP contribution in [0.15, 0.2) is 71.8 Å². The van der Waals surface area contributed by atoms with Crippen molar-refractivity contribution in [3.05, 3.63) is 106 Å². The van der Waals surface area contributed by atoms with Crippen LogP contribution in [-0.4, -0.2) is 19.9 Å². The van der Waals surface area contributed by atoms with Gasteiger partial charge in [-0.05, 0) is 55.8 Å². The molecule has 7 heteroatoms. The number of aryl methyl sites for hydroxylation is 1. The zero-order chi connectivity index (χ0) is 21.1. The first kappa shape index (κ1) is 19.4. The Balaban J connectivity index is 1.65. The van der Waals surface area contributed by atoms with E-state index < -0.39 is 0 Å². The van der Waals surface area contributed by atoms with E-state index in [0.29, 0.717) is 28.5 Å². The molecule has 150 valence electrons. The second kappa shape index (κ2) is 8.24. The first-order valence-corrected chi connectivity index (χ1v) is 9.48. The summed E-state index contributed by atoms with van der Waals surface area (Å²) in [5, 5.41) is 3.32. The second-order valence-corrected chi connectivity index (χ2v) is 6.94. The predicted octanol–water partition coefficient (Wildman–Crippen LogP) is 4.18. The molecule has 2 N–H and O–H groups in total. The topological polar surface area (TPSA) is 83.6 Å². The molecule has 4 aromatic rings. The summed E-state index contributed by atoms with van der Waals surface area (Å²) in [6, 6.07) is 15.2. The highest BCUT2D eigenvalue weighted by molar-refractivity contribution is 5.57. The molecular formula is C23H20FN5O. The Bertz CT molecular complexity index is 1220. The summed E-state index contributed by atoms with van der Waals surface area (Å²) in [6.45, 7) is 3.54. The van der Waals surface area contributed by atoms with Crippen molar-refractivity contribution in [3.8, 4) is 11.4 Å². The van der Waals surface area contributed by atoms with E-state index in [9.17, 15) is 9.18 Å². The van der Waals surface area contributed by atoms with E-state index in [-0.39, 0.29) is 17.4 Å². The van der Waals surface area contributed by atoms with Gasteiger partial charge in [0.15, 0.2) is 0 Å². The van der Waals surface area contributed by atoms with Crippen molar-refractivity contribution in [1.82, 2.24) is 19.9 Å². The molecule has 1 atom stereocenters. The van der Waals surface area contributed by atoms with E-state index >= 15 is 0 Å². The van der Waals surface area contributed by atoms with Crippen molar-refractivity contribution in [2.45, 2.75) is 19.9 Å². The molecule has 0 saturated carbocycles. The molecule has 0 amide bonds. The fraction of sp³-hybridized carbons (Fsp3) is 0.130. The lowest BCUT2D eigenvalue weighted by molar-refractivity contribution is 0.624. The molecule has 3 aromatic heterocycles. The maximum Gasteiger partial charge on any atom is 0.254 e. The van der Waals surface area contributed by atoms with E-state index in [4.69, 9.17) is 0 Å². The number of aromatic amines is 1. The largest absolute Gasteiger partial charge is 0.358 e. The minimum atomic E-state index is -0.375. The summed E-state index contributed by atoms with van der Waals surface area (Å²) < 4.78 is 13.8. The molecule has 0 radical (unpaired) electrons. The molecule has 0 fully saturated rings. The van der Waals surface area contributed by atoms with Gasteiger partial charge in [-0.1, -0.05) is 18.2 Å². The average molecular weight is 401 g/mol. The quantitative estimate of drug-likeness (QED) is 0.524. The SMILES string of the molecule is Cc1nc(-c2ccc(NC(c3cccc(F)c3)c3ccccn3)nc2)[nH]c(=O)c1C. The third-order valence-electron chi connectivity index (χ3n) is 4.89. The number of aromatic nitrogens is 4. The number of H-pyrrole nitrogens is 1. The summed E-state index contributed by atoms with van der Waals surface area (Å²) in [6.07, 6.45) is 3.33. The van der Waals surface area contributed by atoms with Crippen LogP contribution in [0.25, 0.3) is 11.4 Å². The van der Waals surface area contributed by atoms with Crippen molar-refractivity contribution < 1.29 is 4.39 Å². The van der Waals surface area contributed by atoms with Gasteiger partial charge in [0.25, 0.3) is 5.56 Å². The molecule has 0 saturated heterocycles. The molecule has 4 rings (SSSR count). The van der Waals surface area contributed by atoms with Crippen LogP contribution in [0.2, 0.25) is 0 Å². The van der Waals surface area contributed by atoms with Crippen LogP contribution in [0.5, 0.6) is 0 Å². The van der Waals surface area contributed by atoms with Gasteiger partial charge in [0.1, 0.15) is 17.5 Å². The van der Waals surface area contributed by atoms with Gasteiger partial charge in [0, 0.05) is 29.2 Å². The summed E-state index contributed by atoms with van der Waals surface area (Å²) in [5.74, 6) is 0.738. The number of nitrogens with zero attached hydrogens (tertiary/aromatic N) is 3. The molecule has 1 aromatic carbocycles. The lowest BCUT2D eigenvalue weighted by atomic mass is 10.0. The molecular weight excluding hydrogens is 381 g/mol. The zero-order valence-corrected chi connectivity index (χ0v) is 16.6. The summed E-state index contributed by atoms with van der Waals surface area (Å²) in [5.41, 5.74) is 3.28. The number of benzene rings is 1. The van der Waals surface area contributed by atoms with E-state index in [1.807, 2.05) is 30.3 Å². The Kier molecular flexibility index (Phi) is 5.34. The summed E-state index contributed by atoms with van der Waals surface area (Å²) in [7, 11) is 0. The van der Waals surface area contributed by atoms with Gasteiger partial charge in [-0.25, -0.2) is 14.4 Å². The summed E-state index contributed by atoms with van der Waals surface area (Å²) >= 11 is 0. The van der Waals surface area contributed by atoms with Gasteiger partial charge in [-0.3, -0.25) is 9.78 Å². The van der Waals surface area contributed by atoms with Gasteiger partial charge < -0.3 is 10.3 Å². The first-order chi connectivity index (χ1) is 14.5. The lowest BCUT2D eigenvalue weighted by Crippen LogP contribution is -2.15. The lowest BCUT2D eigenvalue weighted by Gasteiger charge is -2.19. The van der Waals surface area contributed by atoms with Crippen molar-refractivity contribution in [1.29, 1.82) is 0 Å². The number of hydrogen-bond donors (Lipinski definition) is 2. The maximum absolute atomic E-state index is 13.8. The molecule has 30 heavy (non-hydrogen) atoms. The molecule has 1 unspecified atom stereocenters. The second-order valence-electron chi connectivity index (χ2n) is 6.94. The Morgan fingerprint density at radius 2 is 1.90 bits per heavy atom. The third-order valence-corrected chi connectivity index (χ3v) is 4.89. The minimum absolute atomic E-state index is 0.166. The number of halogens is 1. The van der Waals surface area contributed by atoms with E-state index in [1.54, 1.807) is 38.4 Å². The molecule has 0 spiro atoms. The van der Waals surface area contributed by atoms with E-state index in [1.165, 1.54) is 12.1 Å². The number of anilines is 1. The molecule has 3 heterocycles. The molecule has 0 aliphatic heterocycles. The standard InChI is InChI=1S/C23H20FN5O/c1-14-15(2)27-22(29-23(14)30)17-9-10-20(26-13-17)28-21(19-8-3-4-11-25-19)16-6-5-7-18(24)12-16/h3-13,21H,1-2H3,(H,26,28)(H,27,29,30). The summed E-state index contributed by atoms with van der Waals surface area (Å²) in [4.78, 5) is 28.1. The monoisotopic (exact) mass is 401 g/mol. The number of pyridine rings is 2. The number of rotatable bonds is 5. The van der Waals surface area contributed by atoms with Crippen LogP contribution >= 0.6 is 0 Å². The van der Waals surface area contributed by atoms with Crippen LogP contribution < -0.4 is 10.9 Å². The molecule has 0 aliphatic carbocycles. The maximum atomic E-state index is 13.8.